The van der Waals surface area contributed by atoms with Gasteiger partial charge in [0.1, 0.15) is 18.4 Å². The van der Waals surface area contributed by atoms with E-state index in [4.69, 9.17) is 21.1 Å². The van der Waals surface area contributed by atoms with Crippen LogP contribution in [0.3, 0.4) is 0 Å². The van der Waals surface area contributed by atoms with Crippen LogP contribution in [0.2, 0.25) is 5.15 Å². The number of nitrogens with zero attached hydrogens (tertiary/aromatic N) is 2. The smallest absolute Gasteiger partial charge is 0.175 e. The molecule has 4 nitrogen and oxygen atoms in total. The molecule has 0 saturated carbocycles. The van der Waals surface area contributed by atoms with E-state index in [1.165, 1.54) is 0 Å². The molecule has 19 heavy (non-hydrogen) atoms. The molecule has 3 rings (SSSR count). The minimum atomic E-state index is 0.441. The Morgan fingerprint density at radius 2 is 2.05 bits per heavy atom. The second-order valence-electron chi connectivity index (χ2n) is 3.81. The average Bonchev–Trinajstić information content (AvgIpc) is 2.42. The molecule has 1 aliphatic heterocycles. The van der Waals surface area contributed by atoms with Crippen LogP contribution in [0.4, 0.5) is 0 Å². The number of fused-ring (bicyclic) bond motifs is 1. The Labute approximate surface area is 136 Å². The third kappa shape index (κ3) is 2.66. The van der Waals surface area contributed by atoms with Crippen molar-refractivity contribution in [3.63, 3.8) is 0 Å². The van der Waals surface area contributed by atoms with Crippen LogP contribution in [0.25, 0.3) is 11.4 Å². The molecule has 0 bridgehead atoms. The van der Waals surface area contributed by atoms with Crippen molar-refractivity contribution in [2.24, 2.45) is 0 Å². The van der Waals surface area contributed by atoms with Gasteiger partial charge in [-0.25, -0.2) is 9.97 Å². The predicted molar refractivity (Wildman–Crippen MR) is 83.9 cm³/mol. The number of rotatable bonds is 1. The summed E-state index contributed by atoms with van der Waals surface area (Å²) in [5.41, 5.74) is 0.828. The molecule has 0 unspecified atom stereocenters. The molecule has 0 atom stereocenters. The van der Waals surface area contributed by atoms with Crippen molar-refractivity contribution in [1.29, 1.82) is 0 Å². The van der Waals surface area contributed by atoms with E-state index in [0.29, 0.717) is 35.7 Å². The van der Waals surface area contributed by atoms with E-state index in [1.807, 2.05) is 12.1 Å². The molecule has 98 valence electrons. The minimum absolute atomic E-state index is 0.441. The van der Waals surface area contributed by atoms with E-state index < -0.39 is 0 Å². The molecule has 2 heterocycles. The first-order valence-corrected chi connectivity index (χ1v) is 7.67. The van der Waals surface area contributed by atoms with Crippen LogP contribution in [0.15, 0.2) is 22.8 Å². The molecule has 7 heteroatoms. The van der Waals surface area contributed by atoms with Gasteiger partial charge in [0.25, 0.3) is 0 Å². The quantitative estimate of drug-likeness (QED) is 0.485. The SMILES string of the molecule is Clc1nc(-c2cc(Br)c3c(c2)OCCO3)ncc1I. The third-order valence-electron chi connectivity index (χ3n) is 2.56. The molecule has 0 N–H and O–H groups in total. The van der Waals surface area contributed by atoms with Crippen molar-refractivity contribution in [2.45, 2.75) is 0 Å². The van der Waals surface area contributed by atoms with Gasteiger partial charge in [0, 0.05) is 11.8 Å². The number of hydrogen-bond acceptors (Lipinski definition) is 4. The summed E-state index contributed by atoms with van der Waals surface area (Å²) >= 11 is 11.6. The maximum atomic E-state index is 6.02. The molecule has 0 radical (unpaired) electrons. The number of hydrogen-bond donors (Lipinski definition) is 0. The first-order chi connectivity index (χ1) is 9.15. The average molecular weight is 453 g/mol. The second kappa shape index (κ2) is 5.41. The zero-order valence-electron chi connectivity index (χ0n) is 9.49. The van der Waals surface area contributed by atoms with Gasteiger partial charge in [-0.1, -0.05) is 11.6 Å². The molecule has 0 fully saturated rings. The maximum absolute atomic E-state index is 6.02. The fraction of sp³-hybridized carbons (Fsp3) is 0.167. The highest BCUT2D eigenvalue weighted by molar-refractivity contribution is 14.1. The van der Waals surface area contributed by atoms with E-state index in [-0.39, 0.29) is 0 Å². The summed E-state index contributed by atoms with van der Waals surface area (Å²) in [7, 11) is 0. The summed E-state index contributed by atoms with van der Waals surface area (Å²) in [6.07, 6.45) is 1.69. The number of benzene rings is 1. The summed E-state index contributed by atoms with van der Waals surface area (Å²) in [6, 6.07) is 3.75. The van der Waals surface area contributed by atoms with Crippen molar-refractivity contribution in [3.05, 3.63) is 31.5 Å². The van der Waals surface area contributed by atoms with Crippen molar-refractivity contribution < 1.29 is 9.47 Å². The summed E-state index contributed by atoms with van der Waals surface area (Å²) in [4.78, 5) is 8.54. The topological polar surface area (TPSA) is 44.2 Å². The number of ether oxygens (including phenoxy) is 2. The summed E-state index contributed by atoms with van der Waals surface area (Å²) in [5.74, 6) is 1.96. The zero-order chi connectivity index (χ0) is 13.4. The molecular weight excluding hydrogens is 446 g/mol. The Morgan fingerprint density at radius 3 is 2.84 bits per heavy atom. The zero-order valence-corrected chi connectivity index (χ0v) is 14.0. The van der Waals surface area contributed by atoms with Gasteiger partial charge >= 0.3 is 0 Å². The number of aromatic nitrogens is 2. The lowest BCUT2D eigenvalue weighted by molar-refractivity contribution is 0.170. The fourth-order valence-corrected chi connectivity index (χ4v) is 2.67. The third-order valence-corrected chi connectivity index (χ3v) is 4.54. The monoisotopic (exact) mass is 452 g/mol. The van der Waals surface area contributed by atoms with Gasteiger partial charge in [-0.2, -0.15) is 0 Å². The lowest BCUT2D eigenvalue weighted by Crippen LogP contribution is -2.15. The molecule has 1 aromatic carbocycles. The molecular formula is C12H7BrClIN2O2. The van der Waals surface area contributed by atoms with Crippen molar-refractivity contribution in [3.8, 4) is 22.9 Å². The lowest BCUT2D eigenvalue weighted by Gasteiger charge is -2.20. The minimum Gasteiger partial charge on any atom is -0.486 e. The lowest BCUT2D eigenvalue weighted by atomic mass is 10.2. The fourth-order valence-electron chi connectivity index (χ4n) is 1.73. The van der Waals surface area contributed by atoms with Gasteiger partial charge < -0.3 is 9.47 Å². The van der Waals surface area contributed by atoms with Crippen LogP contribution >= 0.6 is 50.1 Å². The van der Waals surface area contributed by atoms with Gasteiger partial charge in [0.15, 0.2) is 17.3 Å². The van der Waals surface area contributed by atoms with E-state index >= 15 is 0 Å². The van der Waals surface area contributed by atoms with Crippen LogP contribution < -0.4 is 9.47 Å². The van der Waals surface area contributed by atoms with Crippen molar-refractivity contribution in [2.75, 3.05) is 13.2 Å². The Kier molecular flexibility index (Phi) is 3.81. The molecule has 1 aromatic heterocycles. The van der Waals surface area contributed by atoms with Crippen LogP contribution in [-0.4, -0.2) is 23.2 Å². The normalized spacial score (nSPS) is 13.4. The summed E-state index contributed by atoms with van der Waals surface area (Å²) < 4.78 is 12.8. The van der Waals surface area contributed by atoms with Gasteiger partial charge in [0.2, 0.25) is 0 Å². The predicted octanol–water partition coefficient (Wildman–Crippen LogP) is 3.94. The van der Waals surface area contributed by atoms with Crippen molar-refractivity contribution >= 4 is 50.1 Å². The summed E-state index contributed by atoms with van der Waals surface area (Å²) in [5, 5.41) is 0.441. The Balaban J connectivity index is 2.10. The second-order valence-corrected chi connectivity index (χ2v) is 6.19. The molecule has 1 aliphatic rings. The molecule has 2 aromatic rings. The highest BCUT2D eigenvalue weighted by Crippen LogP contribution is 2.40. The van der Waals surface area contributed by atoms with E-state index in [0.717, 1.165) is 13.6 Å². The molecule has 0 aliphatic carbocycles. The Hall–Kier alpha value is -0.600. The van der Waals surface area contributed by atoms with Gasteiger partial charge in [-0.15, -0.1) is 0 Å². The van der Waals surface area contributed by atoms with E-state index in [2.05, 4.69) is 48.5 Å². The highest BCUT2D eigenvalue weighted by atomic mass is 127. The van der Waals surface area contributed by atoms with Gasteiger partial charge in [-0.05, 0) is 50.7 Å². The van der Waals surface area contributed by atoms with Crippen LogP contribution in [0, 0.1) is 3.57 Å². The van der Waals surface area contributed by atoms with Gasteiger partial charge in [-0.3, -0.25) is 0 Å². The first kappa shape index (κ1) is 13.4. The standard InChI is InChI=1S/C12H7BrClIN2O2/c13-7-3-6(4-9-10(7)19-2-1-18-9)12-16-5-8(15)11(14)17-12/h3-5H,1-2H2. The maximum Gasteiger partial charge on any atom is 0.175 e. The largest absolute Gasteiger partial charge is 0.486 e. The highest BCUT2D eigenvalue weighted by Gasteiger charge is 2.18. The molecule has 0 amide bonds. The Bertz CT molecular complexity index is 654. The summed E-state index contributed by atoms with van der Waals surface area (Å²) in [6.45, 7) is 1.09. The molecule has 0 saturated heterocycles. The first-order valence-electron chi connectivity index (χ1n) is 5.42. The van der Waals surface area contributed by atoms with Crippen molar-refractivity contribution in [1.82, 2.24) is 9.97 Å². The van der Waals surface area contributed by atoms with E-state index in [9.17, 15) is 0 Å². The Morgan fingerprint density at radius 1 is 1.26 bits per heavy atom. The van der Waals surface area contributed by atoms with Crippen LogP contribution in [0.5, 0.6) is 11.5 Å². The van der Waals surface area contributed by atoms with Crippen LogP contribution in [0.1, 0.15) is 0 Å². The van der Waals surface area contributed by atoms with E-state index in [1.54, 1.807) is 6.20 Å². The molecule has 0 spiro atoms. The number of halogens is 3. The van der Waals surface area contributed by atoms with Gasteiger partial charge in [0.05, 0.1) is 8.04 Å². The van der Waals surface area contributed by atoms with Crippen LogP contribution in [-0.2, 0) is 0 Å².